The summed E-state index contributed by atoms with van der Waals surface area (Å²) in [7, 11) is 0. The van der Waals surface area contributed by atoms with E-state index in [0.717, 1.165) is 0 Å². The van der Waals surface area contributed by atoms with E-state index in [1.54, 1.807) is 18.2 Å². The van der Waals surface area contributed by atoms with E-state index in [1.165, 1.54) is 6.07 Å². The van der Waals surface area contributed by atoms with Crippen LogP contribution in [0.15, 0.2) is 24.3 Å². The van der Waals surface area contributed by atoms with Crippen molar-refractivity contribution < 1.29 is 14.3 Å². The molecule has 1 fully saturated rings. The molecule has 0 bridgehead atoms. The van der Waals surface area contributed by atoms with Crippen LogP contribution in [-0.2, 0) is 4.79 Å². The van der Waals surface area contributed by atoms with Gasteiger partial charge in [0, 0.05) is 19.0 Å². The summed E-state index contributed by atoms with van der Waals surface area (Å²) in [6.07, 6.45) is 0. The Morgan fingerprint density at radius 1 is 1.38 bits per heavy atom. The van der Waals surface area contributed by atoms with E-state index in [1.807, 2.05) is 0 Å². The van der Waals surface area contributed by atoms with Gasteiger partial charge in [0.15, 0.2) is 0 Å². The van der Waals surface area contributed by atoms with Crippen molar-refractivity contribution in [3.63, 3.8) is 0 Å². The Morgan fingerprint density at radius 3 is 2.69 bits per heavy atom. The summed E-state index contributed by atoms with van der Waals surface area (Å²) in [6.45, 7) is 0.937. The molecule has 1 aromatic carbocycles. The van der Waals surface area contributed by atoms with Crippen molar-refractivity contribution in [3.05, 3.63) is 35.6 Å². The molecule has 0 radical (unpaired) electrons. The minimum atomic E-state index is -0.867. The SMILES string of the molecule is Cl.O=C(O)[C@H]1CNC[C@@H]1c1ccccc1F. The van der Waals surface area contributed by atoms with Gasteiger partial charge < -0.3 is 10.4 Å². The molecule has 2 rings (SSSR count). The number of carboxylic acids is 1. The topological polar surface area (TPSA) is 49.3 Å². The first kappa shape index (κ1) is 12.9. The summed E-state index contributed by atoms with van der Waals surface area (Å²) >= 11 is 0. The molecule has 1 saturated heterocycles. The van der Waals surface area contributed by atoms with E-state index in [9.17, 15) is 9.18 Å². The smallest absolute Gasteiger partial charge is 0.308 e. The molecule has 1 aliphatic heterocycles. The lowest BCUT2D eigenvalue weighted by molar-refractivity contribution is -0.141. The van der Waals surface area contributed by atoms with Crippen LogP contribution in [0.25, 0.3) is 0 Å². The Morgan fingerprint density at radius 2 is 2.06 bits per heavy atom. The molecule has 0 aliphatic carbocycles. The van der Waals surface area contributed by atoms with Gasteiger partial charge in [0.2, 0.25) is 0 Å². The lowest BCUT2D eigenvalue weighted by Gasteiger charge is -2.15. The maximum Gasteiger partial charge on any atom is 0.308 e. The van der Waals surface area contributed by atoms with Crippen LogP contribution < -0.4 is 5.32 Å². The zero-order valence-electron chi connectivity index (χ0n) is 8.52. The lowest BCUT2D eigenvalue weighted by atomic mass is 9.89. The summed E-state index contributed by atoms with van der Waals surface area (Å²) in [6, 6.07) is 6.36. The number of hydrogen-bond acceptors (Lipinski definition) is 2. The average Bonchev–Trinajstić information content (AvgIpc) is 2.67. The van der Waals surface area contributed by atoms with Crippen LogP contribution in [0.3, 0.4) is 0 Å². The zero-order valence-corrected chi connectivity index (χ0v) is 9.34. The highest BCUT2D eigenvalue weighted by atomic mass is 35.5. The Labute approximate surface area is 99.1 Å². The number of carboxylic acid groups (broad SMARTS) is 1. The quantitative estimate of drug-likeness (QED) is 0.833. The van der Waals surface area contributed by atoms with Crippen molar-refractivity contribution in [2.45, 2.75) is 5.92 Å². The van der Waals surface area contributed by atoms with Gasteiger partial charge in [-0.3, -0.25) is 4.79 Å². The van der Waals surface area contributed by atoms with Gasteiger partial charge in [-0.05, 0) is 11.6 Å². The van der Waals surface area contributed by atoms with Gasteiger partial charge in [-0.1, -0.05) is 18.2 Å². The highest BCUT2D eigenvalue weighted by Crippen LogP contribution is 2.29. The van der Waals surface area contributed by atoms with E-state index < -0.39 is 11.9 Å². The first-order valence-electron chi connectivity index (χ1n) is 4.88. The number of aliphatic carboxylic acids is 1. The van der Waals surface area contributed by atoms with Crippen LogP contribution in [0.1, 0.15) is 11.5 Å². The maximum absolute atomic E-state index is 13.5. The monoisotopic (exact) mass is 245 g/mol. The first-order valence-corrected chi connectivity index (χ1v) is 4.88. The number of hydrogen-bond donors (Lipinski definition) is 2. The molecule has 0 unspecified atom stereocenters. The second-order valence-corrected chi connectivity index (χ2v) is 3.73. The average molecular weight is 246 g/mol. The molecule has 0 amide bonds. The standard InChI is InChI=1S/C11H12FNO2.ClH/c12-10-4-2-1-3-7(10)8-5-13-6-9(8)11(14)15;/h1-4,8-9,13H,5-6H2,(H,14,15);1H/t8-,9+;/m1./s1. The maximum atomic E-state index is 13.5. The molecule has 0 aromatic heterocycles. The molecule has 0 spiro atoms. The second kappa shape index (κ2) is 5.27. The van der Waals surface area contributed by atoms with Gasteiger partial charge in [0.1, 0.15) is 5.82 Å². The third kappa shape index (κ3) is 2.33. The van der Waals surface area contributed by atoms with Crippen LogP contribution in [0.2, 0.25) is 0 Å². The van der Waals surface area contributed by atoms with Gasteiger partial charge in [0.25, 0.3) is 0 Å². The predicted molar refractivity (Wildman–Crippen MR) is 60.4 cm³/mol. The summed E-state index contributed by atoms with van der Waals surface area (Å²) in [5.41, 5.74) is 0.495. The first-order chi connectivity index (χ1) is 7.20. The molecule has 0 saturated carbocycles. The number of halogens is 2. The van der Waals surface area contributed by atoms with E-state index in [-0.39, 0.29) is 24.1 Å². The van der Waals surface area contributed by atoms with E-state index >= 15 is 0 Å². The molecular formula is C11H13ClFNO2. The fourth-order valence-electron chi connectivity index (χ4n) is 2.04. The molecule has 2 atom stereocenters. The number of nitrogens with one attached hydrogen (secondary N) is 1. The highest BCUT2D eigenvalue weighted by Gasteiger charge is 2.35. The molecule has 5 heteroatoms. The fraction of sp³-hybridized carbons (Fsp3) is 0.364. The summed E-state index contributed by atoms with van der Waals surface area (Å²) < 4.78 is 13.5. The summed E-state index contributed by atoms with van der Waals surface area (Å²) in [5.74, 6) is -1.98. The number of rotatable bonds is 2. The van der Waals surface area contributed by atoms with Crippen LogP contribution in [0.5, 0.6) is 0 Å². The molecule has 1 aliphatic rings. The molecular weight excluding hydrogens is 233 g/mol. The van der Waals surface area contributed by atoms with Crippen LogP contribution in [0.4, 0.5) is 4.39 Å². The molecule has 1 aromatic rings. The van der Waals surface area contributed by atoms with Crippen molar-refractivity contribution in [1.29, 1.82) is 0 Å². The van der Waals surface area contributed by atoms with Crippen molar-refractivity contribution in [2.75, 3.05) is 13.1 Å². The Balaban J connectivity index is 0.00000128. The van der Waals surface area contributed by atoms with Gasteiger partial charge in [-0.15, -0.1) is 12.4 Å². The van der Waals surface area contributed by atoms with Gasteiger partial charge in [-0.2, -0.15) is 0 Å². The summed E-state index contributed by atoms with van der Waals surface area (Å²) in [5, 5.41) is 12.0. The van der Waals surface area contributed by atoms with Crippen molar-refractivity contribution in [1.82, 2.24) is 5.32 Å². The van der Waals surface area contributed by atoms with Gasteiger partial charge in [0.05, 0.1) is 5.92 Å². The van der Waals surface area contributed by atoms with Crippen molar-refractivity contribution in [2.24, 2.45) is 5.92 Å². The fourth-order valence-corrected chi connectivity index (χ4v) is 2.04. The predicted octanol–water partition coefficient (Wildman–Crippen LogP) is 1.64. The van der Waals surface area contributed by atoms with Gasteiger partial charge in [-0.25, -0.2) is 4.39 Å². The van der Waals surface area contributed by atoms with Crippen molar-refractivity contribution in [3.8, 4) is 0 Å². The van der Waals surface area contributed by atoms with Gasteiger partial charge >= 0.3 is 5.97 Å². The molecule has 88 valence electrons. The van der Waals surface area contributed by atoms with Crippen LogP contribution in [0, 0.1) is 11.7 Å². The molecule has 2 N–H and O–H groups in total. The Bertz CT molecular complexity index is 386. The highest BCUT2D eigenvalue weighted by molar-refractivity contribution is 5.85. The lowest BCUT2D eigenvalue weighted by Crippen LogP contribution is -2.21. The number of benzene rings is 1. The minimum absolute atomic E-state index is 0. The normalized spacial score (nSPS) is 23.8. The van der Waals surface area contributed by atoms with E-state index in [4.69, 9.17) is 5.11 Å². The molecule has 3 nitrogen and oxygen atoms in total. The number of carbonyl (C=O) groups is 1. The van der Waals surface area contributed by atoms with E-state index in [2.05, 4.69) is 5.32 Å². The second-order valence-electron chi connectivity index (χ2n) is 3.73. The largest absolute Gasteiger partial charge is 0.481 e. The summed E-state index contributed by atoms with van der Waals surface area (Å²) in [4.78, 5) is 10.9. The molecule has 16 heavy (non-hydrogen) atoms. The van der Waals surface area contributed by atoms with Crippen LogP contribution >= 0.6 is 12.4 Å². The van der Waals surface area contributed by atoms with Crippen molar-refractivity contribution >= 4 is 18.4 Å². The third-order valence-corrected chi connectivity index (χ3v) is 2.84. The van der Waals surface area contributed by atoms with Crippen LogP contribution in [-0.4, -0.2) is 24.2 Å². The minimum Gasteiger partial charge on any atom is -0.481 e. The molecule has 1 heterocycles. The zero-order chi connectivity index (χ0) is 10.8. The third-order valence-electron chi connectivity index (χ3n) is 2.84. The Kier molecular flexibility index (Phi) is 4.26. The Hall–Kier alpha value is -1.13. The van der Waals surface area contributed by atoms with E-state index in [0.29, 0.717) is 18.7 Å².